The summed E-state index contributed by atoms with van der Waals surface area (Å²) in [5.74, 6) is -3.33. The Kier molecular flexibility index (Phi) is 3.87. The SMILES string of the molecule is CC(=O)Nc1cccc(NC(=O)[C@H]2[C@@H](C(=O)O)[C@@H]3C=C[C@H]2O3)c1. The van der Waals surface area contributed by atoms with Gasteiger partial charge in [0.15, 0.2) is 0 Å². The first-order valence-electron chi connectivity index (χ1n) is 7.21. The zero-order valence-electron chi connectivity index (χ0n) is 12.4. The minimum absolute atomic E-state index is 0.217. The summed E-state index contributed by atoms with van der Waals surface area (Å²) in [6.45, 7) is 1.39. The van der Waals surface area contributed by atoms with Gasteiger partial charge in [-0.2, -0.15) is 0 Å². The summed E-state index contributed by atoms with van der Waals surface area (Å²) in [5.41, 5.74) is 1.03. The Morgan fingerprint density at radius 1 is 1.04 bits per heavy atom. The van der Waals surface area contributed by atoms with E-state index in [2.05, 4.69) is 10.6 Å². The van der Waals surface area contributed by atoms with Crippen LogP contribution < -0.4 is 10.6 Å². The number of aliphatic carboxylic acids is 1. The van der Waals surface area contributed by atoms with Gasteiger partial charge < -0.3 is 20.5 Å². The lowest BCUT2D eigenvalue weighted by atomic mass is 9.82. The minimum atomic E-state index is -1.05. The smallest absolute Gasteiger partial charge is 0.310 e. The maximum atomic E-state index is 12.5. The molecule has 120 valence electrons. The Bertz CT molecular complexity index is 699. The van der Waals surface area contributed by atoms with Crippen LogP contribution >= 0.6 is 0 Å². The van der Waals surface area contributed by atoms with Crippen LogP contribution in [-0.2, 0) is 19.1 Å². The number of amides is 2. The second-order valence-electron chi connectivity index (χ2n) is 5.59. The molecule has 2 bridgehead atoms. The number of rotatable bonds is 4. The molecule has 7 nitrogen and oxygen atoms in total. The van der Waals surface area contributed by atoms with Crippen LogP contribution in [0.5, 0.6) is 0 Å². The molecule has 3 N–H and O–H groups in total. The summed E-state index contributed by atoms with van der Waals surface area (Å²) in [5, 5.41) is 14.6. The van der Waals surface area contributed by atoms with Gasteiger partial charge in [-0.05, 0) is 18.2 Å². The van der Waals surface area contributed by atoms with Crippen molar-refractivity contribution in [3.8, 4) is 0 Å². The number of carboxylic acid groups (broad SMARTS) is 1. The van der Waals surface area contributed by atoms with Crippen molar-refractivity contribution in [2.24, 2.45) is 11.8 Å². The van der Waals surface area contributed by atoms with Crippen molar-refractivity contribution in [1.29, 1.82) is 0 Å². The van der Waals surface area contributed by atoms with Crippen molar-refractivity contribution >= 4 is 29.2 Å². The average molecular weight is 316 g/mol. The molecule has 0 aromatic heterocycles. The molecule has 0 unspecified atom stereocenters. The zero-order chi connectivity index (χ0) is 16.6. The Morgan fingerprint density at radius 3 is 2.26 bits per heavy atom. The first-order chi connectivity index (χ1) is 11.0. The number of hydrogen-bond acceptors (Lipinski definition) is 4. The van der Waals surface area contributed by atoms with Crippen LogP contribution in [0.15, 0.2) is 36.4 Å². The predicted octanol–water partition coefficient (Wildman–Crippen LogP) is 1.24. The van der Waals surface area contributed by atoms with Crippen LogP contribution in [0.4, 0.5) is 11.4 Å². The van der Waals surface area contributed by atoms with Crippen LogP contribution in [0.3, 0.4) is 0 Å². The lowest BCUT2D eigenvalue weighted by Gasteiger charge is -2.21. The first-order valence-corrected chi connectivity index (χ1v) is 7.21. The summed E-state index contributed by atoms with van der Waals surface area (Å²) in [6.07, 6.45) is 2.34. The molecule has 3 rings (SSSR count). The summed E-state index contributed by atoms with van der Waals surface area (Å²) >= 11 is 0. The van der Waals surface area contributed by atoms with Crippen LogP contribution in [0.2, 0.25) is 0 Å². The number of fused-ring (bicyclic) bond motifs is 2. The topological polar surface area (TPSA) is 105 Å². The van der Waals surface area contributed by atoms with Crippen LogP contribution in [0, 0.1) is 11.8 Å². The lowest BCUT2D eigenvalue weighted by molar-refractivity contribution is -0.145. The monoisotopic (exact) mass is 316 g/mol. The number of anilines is 2. The summed E-state index contributed by atoms with van der Waals surface area (Å²) in [7, 11) is 0. The van der Waals surface area contributed by atoms with Crippen molar-refractivity contribution in [3.05, 3.63) is 36.4 Å². The summed E-state index contributed by atoms with van der Waals surface area (Å²) < 4.78 is 5.48. The van der Waals surface area contributed by atoms with Gasteiger partial charge in [0.2, 0.25) is 11.8 Å². The van der Waals surface area contributed by atoms with Crippen LogP contribution in [0.25, 0.3) is 0 Å². The molecule has 4 atom stereocenters. The fraction of sp³-hybridized carbons (Fsp3) is 0.312. The summed E-state index contributed by atoms with van der Waals surface area (Å²) in [4.78, 5) is 34.9. The molecular weight excluding hydrogens is 300 g/mol. The first kappa shape index (κ1) is 15.2. The summed E-state index contributed by atoms with van der Waals surface area (Å²) in [6, 6.07) is 6.66. The molecule has 0 spiro atoms. The van der Waals surface area contributed by atoms with Crippen molar-refractivity contribution < 1.29 is 24.2 Å². The molecular formula is C16H16N2O5. The second-order valence-corrected chi connectivity index (χ2v) is 5.59. The van der Waals surface area contributed by atoms with Gasteiger partial charge in [0.05, 0.1) is 18.1 Å². The van der Waals surface area contributed by atoms with Gasteiger partial charge in [-0.1, -0.05) is 18.2 Å². The number of benzene rings is 1. The largest absolute Gasteiger partial charge is 0.481 e. The van der Waals surface area contributed by atoms with E-state index < -0.39 is 35.9 Å². The van der Waals surface area contributed by atoms with E-state index in [1.807, 2.05) is 0 Å². The van der Waals surface area contributed by atoms with Crippen LogP contribution in [-0.4, -0.2) is 35.1 Å². The van der Waals surface area contributed by atoms with Gasteiger partial charge in [0, 0.05) is 18.3 Å². The van der Waals surface area contributed by atoms with E-state index >= 15 is 0 Å². The molecule has 1 saturated heterocycles. The number of carboxylic acids is 1. The highest BCUT2D eigenvalue weighted by atomic mass is 16.5. The third-order valence-corrected chi connectivity index (χ3v) is 3.94. The number of carbonyl (C=O) groups excluding carboxylic acids is 2. The maximum Gasteiger partial charge on any atom is 0.310 e. The molecule has 0 aliphatic carbocycles. The molecule has 0 radical (unpaired) electrons. The Hall–Kier alpha value is -2.67. The van der Waals surface area contributed by atoms with Crippen molar-refractivity contribution in [1.82, 2.24) is 0 Å². The Labute approximate surface area is 132 Å². The normalized spacial score (nSPS) is 27.7. The van der Waals surface area contributed by atoms with E-state index in [9.17, 15) is 19.5 Å². The van der Waals surface area contributed by atoms with E-state index in [0.717, 1.165) is 0 Å². The zero-order valence-corrected chi connectivity index (χ0v) is 12.4. The molecule has 23 heavy (non-hydrogen) atoms. The fourth-order valence-electron chi connectivity index (χ4n) is 3.02. The van der Waals surface area contributed by atoms with Gasteiger partial charge in [-0.3, -0.25) is 14.4 Å². The molecule has 1 fully saturated rings. The molecule has 1 aromatic carbocycles. The average Bonchev–Trinajstić information content (AvgIpc) is 3.07. The maximum absolute atomic E-state index is 12.5. The van der Waals surface area contributed by atoms with Gasteiger partial charge in [-0.25, -0.2) is 0 Å². The van der Waals surface area contributed by atoms with Gasteiger partial charge in [0.25, 0.3) is 0 Å². The highest BCUT2D eigenvalue weighted by Crippen LogP contribution is 2.39. The number of hydrogen-bond donors (Lipinski definition) is 3. The quantitative estimate of drug-likeness (QED) is 0.725. The van der Waals surface area contributed by atoms with Crippen molar-refractivity contribution in [2.45, 2.75) is 19.1 Å². The molecule has 2 aliphatic rings. The molecule has 2 aliphatic heterocycles. The highest BCUT2D eigenvalue weighted by molar-refractivity contribution is 5.97. The third-order valence-electron chi connectivity index (χ3n) is 3.94. The third kappa shape index (κ3) is 2.95. The molecule has 7 heteroatoms. The highest BCUT2D eigenvalue weighted by Gasteiger charge is 2.53. The van der Waals surface area contributed by atoms with Gasteiger partial charge >= 0.3 is 5.97 Å². The van der Waals surface area contributed by atoms with Crippen molar-refractivity contribution in [2.75, 3.05) is 10.6 Å². The lowest BCUT2D eigenvalue weighted by Crippen LogP contribution is -2.39. The minimum Gasteiger partial charge on any atom is -0.481 e. The molecule has 1 aromatic rings. The van der Waals surface area contributed by atoms with E-state index in [4.69, 9.17) is 4.74 Å². The van der Waals surface area contributed by atoms with Gasteiger partial charge in [-0.15, -0.1) is 0 Å². The number of nitrogens with one attached hydrogen (secondary N) is 2. The molecule has 2 amide bonds. The predicted molar refractivity (Wildman–Crippen MR) is 81.8 cm³/mol. The number of carbonyl (C=O) groups is 3. The Morgan fingerprint density at radius 2 is 1.65 bits per heavy atom. The molecule has 0 saturated carbocycles. The Balaban J connectivity index is 1.75. The van der Waals surface area contributed by atoms with Crippen molar-refractivity contribution in [3.63, 3.8) is 0 Å². The molecule has 2 heterocycles. The van der Waals surface area contributed by atoms with Gasteiger partial charge in [0.1, 0.15) is 5.92 Å². The fourth-order valence-corrected chi connectivity index (χ4v) is 3.02. The second kappa shape index (κ2) is 5.85. The number of ether oxygens (including phenoxy) is 1. The van der Waals surface area contributed by atoms with E-state index in [1.54, 1.807) is 36.4 Å². The standard InChI is InChI=1S/C16H16N2O5/c1-8(19)17-9-3-2-4-10(7-9)18-15(20)13-11-5-6-12(23-11)14(13)16(21)22/h2-7,11-14H,1H3,(H,17,19)(H,18,20)(H,21,22)/t11-,12+,13-,14+/m1/s1. The van der Waals surface area contributed by atoms with Crippen LogP contribution in [0.1, 0.15) is 6.92 Å². The van der Waals surface area contributed by atoms with E-state index in [1.165, 1.54) is 6.92 Å². The van der Waals surface area contributed by atoms with E-state index in [0.29, 0.717) is 11.4 Å². The van der Waals surface area contributed by atoms with E-state index in [-0.39, 0.29) is 5.91 Å².